The number of alkyl halides is 3. The van der Waals surface area contributed by atoms with E-state index >= 15 is 0 Å². The van der Waals surface area contributed by atoms with Crippen LogP contribution in [0.15, 0.2) is 72.4 Å². The Labute approximate surface area is 191 Å². The van der Waals surface area contributed by atoms with Crippen LogP contribution in [0.3, 0.4) is 0 Å². The second kappa shape index (κ2) is 9.97. The summed E-state index contributed by atoms with van der Waals surface area (Å²) in [5.74, 6) is -0.314. The van der Waals surface area contributed by atoms with Crippen LogP contribution in [-0.2, 0) is 17.9 Å². The lowest BCUT2D eigenvalue weighted by Crippen LogP contribution is -2.23. The first-order valence-corrected chi connectivity index (χ1v) is 10.8. The highest BCUT2D eigenvalue weighted by Crippen LogP contribution is 2.24. The van der Waals surface area contributed by atoms with Gasteiger partial charge < -0.3 is 10.1 Å². The number of thiazole rings is 1. The molecule has 0 fully saturated rings. The molecule has 33 heavy (non-hydrogen) atoms. The SMILES string of the molecule is O=C(NCc1ccc(COCC(F)(F)F)cc1)c1csc(-c2cnn(-c3ccccc3)c2)n1. The minimum Gasteiger partial charge on any atom is -0.367 e. The topological polar surface area (TPSA) is 69.0 Å². The molecule has 1 N–H and O–H groups in total. The summed E-state index contributed by atoms with van der Waals surface area (Å²) in [5, 5.41) is 9.52. The fraction of sp³-hybridized carbons (Fsp3) is 0.174. The Morgan fingerprint density at radius 3 is 2.52 bits per heavy atom. The molecule has 2 heterocycles. The van der Waals surface area contributed by atoms with Crippen molar-refractivity contribution in [2.24, 2.45) is 0 Å². The van der Waals surface area contributed by atoms with Crippen molar-refractivity contribution in [3.05, 3.63) is 89.2 Å². The molecule has 1 amide bonds. The Balaban J connectivity index is 1.31. The van der Waals surface area contributed by atoms with Crippen molar-refractivity contribution in [1.82, 2.24) is 20.1 Å². The van der Waals surface area contributed by atoms with Gasteiger partial charge >= 0.3 is 6.18 Å². The third-order valence-electron chi connectivity index (χ3n) is 4.60. The molecular weight excluding hydrogens is 453 g/mol. The Bertz CT molecular complexity index is 1200. The van der Waals surface area contributed by atoms with Crippen LogP contribution in [0.5, 0.6) is 0 Å². The second-order valence-electron chi connectivity index (χ2n) is 7.15. The minimum atomic E-state index is -4.35. The molecule has 10 heteroatoms. The number of ether oxygens (including phenoxy) is 1. The van der Waals surface area contributed by atoms with E-state index in [2.05, 4.69) is 20.1 Å². The fourth-order valence-electron chi connectivity index (χ4n) is 2.98. The maximum Gasteiger partial charge on any atom is 0.411 e. The number of hydrogen-bond acceptors (Lipinski definition) is 5. The van der Waals surface area contributed by atoms with Gasteiger partial charge in [-0.15, -0.1) is 11.3 Å². The molecular formula is C23H19F3N4O2S. The molecule has 0 radical (unpaired) electrons. The molecule has 0 spiro atoms. The number of hydrogen-bond donors (Lipinski definition) is 1. The molecule has 0 saturated heterocycles. The van der Waals surface area contributed by atoms with Crippen molar-refractivity contribution in [2.45, 2.75) is 19.3 Å². The van der Waals surface area contributed by atoms with Crippen molar-refractivity contribution in [3.63, 3.8) is 0 Å². The molecule has 4 rings (SSSR count). The third kappa shape index (κ3) is 6.27. The summed E-state index contributed by atoms with van der Waals surface area (Å²) in [4.78, 5) is 16.9. The zero-order valence-corrected chi connectivity index (χ0v) is 18.1. The van der Waals surface area contributed by atoms with Crippen molar-refractivity contribution in [1.29, 1.82) is 0 Å². The first-order valence-electron chi connectivity index (χ1n) is 9.94. The van der Waals surface area contributed by atoms with Crippen LogP contribution in [0.4, 0.5) is 13.2 Å². The third-order valence-corrected chi connectivity index (χ3v) is 5.49. The predicted molar refractivity (Wildman–Crippen MR) is 118 cm³/mol. The lowest BCUT2D eigenvalue weighted by atomic mass is 10.1. The molecule has 2 aromatic heterocycles. The number of benzene rings is 2. The highest BCUT2D eigenvalue weighted by molar-refractivity contribution is 7.13. The molecule has 0 bridgehead atoms. The number of carbonyl (C=O) groups excluding carboxylic acids is 1. The zero-order valence-electron chi connectivity index (χ0n) is 17.2. The molecule has 0 saturated carbocycles. The van der Waals surface area contributed by atoms with Crippen LogP contribution >= 0.6 is 11.3 Å². The van der Waals surface area contributed by atoms with Crippen molar-refractivity contribution >= 4 is 17.2 Å². The van der Waals surface area contributed by atoms with Gasteiger partial charge in [0.2, 0.25) is 0 Å². The molecule has 0 atom stereocenters. The van der Waals surface area contributed by atoms with Gasteiger partial charge in [0.25, 0.3) is 5.91 Å². The summed E-state index contributed by atoms with van der Waals surface area (Å²) in [7, 11) is 0. The van der Waals surface area contributed by atoms with Crippen LogP contribution in [0.2, 0.25) is 0 Å². The number of rotatable bonds is 8. The first-order chi connectivity index (χ1) is 15.9. The second-order valence-corrected chi connectivity index (χ2v) is 8.01. The quantitative estimate of drug-likeness (QED) is 0.392. The number of carbonyl (C=O) groups is 1. The Morgan fingerprint density at radius 1 is 1.06 bits per heavy atom. The fourth-order valence-corrected chi connectivity index (χ4v) is 3.75. The summed E-state index contributed by atoms with van der Waals surface area (Å²) in [6.07, 6.45) is -0.786. The van der Waals surface area contributed by atoms with Gasteiger partial charge in [0.1, 0.15) is 17.3 Å². The van der Waals surface area contributed by atoms with Crippen LogP contribution in [0.1, 0.15) is 21.6 Å². The summed E-state index contributed by atoms with van der Waals surface area (Å²) in [5.41, 5.74) is 3.47. The average molecular weight is 472 g/mol. The number of nitrogens with one attached hydrogen (secondary N) is 1. The van der Waals surface area contributed by atoms with Gasteiger partial charge in [0.15, 0.2) is 0 Å². The monoisotopic (exact) mass is 472 g/mol. The highest BCUT2D eigenvalue weighted by atomic mass is 32.1. The molecule has 2 aromatic carbocycles. The lowest BCUT2D eigenvalue weighted by molar-refractivity contribution is -0.176. The highest BCUT2D eigenvalue weighted by Gasteiger charge is 2.27. The summed E-state index contributed by atoms with van der Waals surface area (Å²) in [6.45, 7) is -1.15. The molecule has 170 valence electrons. The van der Waals surface area contributed by atoms with Crippen molar-refractivity contribution < 1.29 is 22.7 Å². The van der Waals surface area contributed by atoms with Crippen LogP contribution in [0, 0.1) is 0 Å². The van der Waals surface area contributed by atoms with Gasteiger partial charge in [-0.3, -0.25) is 4.79 Å². The van der Waals surface area contributed by atoms with E-state index < -0.39 is 12.8 Å². The predicted octanol–water partition coefficient (Wildman–Crippen LogP) is 5.00. The van der Waals surface area contributed by atoms with Crippen LogP contribution < -0.4 is 5.32 Å². The van der Waals surface area contributed by atoms with Gasteiger partial charge in [-0.05, 0) is 23.3 Å². The van der Waals surface area contributed by atoms with Crippen molar-refractivity contribution in [3.8, 4) is 16.3 Å². The van der Waals surface area contributed by atoms with E-state index in [-0.39, 0.29) is 19.1 Å². The van der Waals surface area contributed by atoms with E-state index in [1.165, 1.54) is 11.3 Å². The molecule has 0 aliphatic carbocycles. The summed E-state index contributed by atoms with van der Waals surface area (Å²) < 4.78 is 42.8. The maximum absolute atomic E-state index is 12.5. The van der Waals surface area contributed by atoms with E-state index in [9.17, 15) is 18.0 Å². The number of aromatic nitrogens is 3. The average Bonchev–Trinajstić information content (AvgIpc) is 3.48. The van der Waals surface area contributed by atoms with E-state index in [0.717, 1.165) is 16.8 Å². The molecule has 6 nitrogen and oxygen atoms in total. The van der Waals surface area contributed by atoms with Gasteiger partial charge in [-0.2, -0.15) is 18.3 Å². The van der Waals surface area contributed by atoms with Crippen LogP contribution in [0.25, 0.3) is 16.3 Å². The minimum absolute atomic E-state index is 0.130. The van der Waals surface area contributed by atoms with Crippen molar-refractivity contribution in [2.75, 3.05) is 6.61 Å². The maximum atomic E-state index is 12.5. The van der Waals surface area contributed by atoms with Crippen LogP contribution in [-0.4, -0.2) is 33.5 Å². The van der Waals surface area contributed by atoms with E-state index in [0.29, 0.717) is 16.3 Å². The molecule has 4 aromatic rings. The molecule has 0 unspecified atom stereocenters. The standard InChI is InChI=1S/C23H19F3N4O2S/c24-23(25,26)15-32-13-17-8-6-16(7-9-17)10-27-21(31)20-14-33-22(29-20)18-11-28-30(12-18)19-4-2-1-3-5-19/h1-9,11-12,14H,10,13,15H2,(H,27,31). The number of para-hydroxylation sites is 1. The number of nitrogens with zero attached hydrogens (tertiary/aromatic N) is 3. The summed E-state index contributed by atoms with van der Waals surface area (Å²) in [6, 6.07) is 16.5. The van der Waals surface area contributed by atoms with Gasteiger partial charge in [0.05, 0.1) is 18.5 Å². The van der Waals surface area contributed by atoms with E-state index in [1.807, 2.05) is 36.5 Å². The molecule has 0 aliphatic rings. The molecule has 0 aliphatic heterocycles. The van der Waals surface area contributed by atoms with Gasteiger partial charge in [-0.1, -0.05) is 42.5 Å². The first kappa shape index (κ1) is 22.7. The Kier molecular flexibility index (Phi) is 6.85. The Morgan fingerprint density at radius 2 is 1.79 bits per heavy atom. The lowest BCUT2D eigenvalue weighted by Gasteiger charge is -2.08. The largest absolute Gasteiger partial charge is 0.411 e. The van der Waals surface area contributed by atoms with E-state index in [4.69, 9.17) is 0 Å². The van der Waals surface area contributed by atoms with E-state index in [1.54, 1.807) is 40.5 Å². The number of halogens is 3. The normalized spacial score (nSPS) is 11.5. The smallest absolute Gasteiger partial charge is 0.367 e. The van der Waals surface area contributed by atoms with Gasteiger partial charge in [-0.25, -0.2) is 9.67 Å². The zero-order chi connectivity index (χ0) is 23.3. The summed E-state index contributed by atoms with van der Waals surface area (Å²) >= 11 is 1.35. The van der Waals surface area contributed by atoms with Gasteiger partial charge in [0, 0.05) is 23.7 Å². The number of amides is 1. The Hall–Kier alpha value is -3.50.